The van der Waals surface area contributed by atoms with Gasteiger partial charge in [-0.3, -0.25) is 0 Å². The molecule has 0 bridgehead atoms. The van der Waals surface area contributed by atoms with Crippen molar-refractivity contribution in [3.8, 4) is 6.07 Å². The topological polar surface area (TPSA) is 82.4 Å². The van der Waals surface area contributed by atoms with Gasteiger partial charge >= 0.3 is 0 Å². The van der Waals surface area contributed by atoms with Crippen molar-refractivity contribution in [1.29, 1.82) is 5.26 Å². The maximum Gasteiger partial charge on any atom is 0.240 e. The van der Waals surface area contributed by atoms with Crippen molar-refractivity contribution in [2.45, 2.75) is 50.3 Å². The van der Waals surface area contributed by atoms with E-state index in [-0.39, 0.29) is 5.41 Å². The summed E-state index contributed by atoms with van der Waals surface area (Å²) < 4.78 is 33.2. The molecule has 2 heterocycles. The minimum absolute atomic E-state index is 0.211. The molecule has 2 saturated heterocycles. The van der Waals surface area contributed by atoms with Crippen molar-refractivity contribution in [3.05, 3.63) is 29.8 Å². The molecule has 1 aromatic carbocycles. The second kappa shape index (κ2) is 10.0. The van der Waals surface area contributed by atoms with E-state index in [9.17, 15) is 13.7 Å². The van der Waals surface area contributed by atoms with Gasteiger partial charge < -0.3 is 9.64 Å². The fourth-order valence-electron chi connectivity index (χ4n) is 4.37. The van der Waals surface area contributed by atoms with Crippen LogP contribution in [-0.2, 0) is 14.8 Å². The van der Waals surface area contributed by atoms with E-state index in [1.165, 1.54) is 0 Å². The van der Waals surface area contributed by atoms with Gasteiger partial charge in [0.05, 0.1) is 16.4 Å². The molecular weight excluding hydrogens is 386 g/mol. The van der Waals surface area contributed by atoms with Crippen molar-refractivity contribution in [3.63, 3.8) is 0 Å². The van der Waals surface area contributed by atoms with Gasteiger partial charge in [-0.2, -0.15) is 5.26 Å². The molecule has 2 aliphatic rings. The molecule has 2 aliphatic heterocycles. The van der Waals surface area contributed by atoms with Gasteiger partial charge in [0.2, 0.25) is 10.0 Å². The fourth-order valence-corrected chi connectivity index (χ4v) is 5.49. The first kappa shape index (κ1) is 22.2. The number of benzene rings is 1. The van der Waals surface area contributed by atoms with Gasteiger partial charge in [-0.1, -0.05) is 17.7 Å². The number of hydrogen-bond donors (Lipinski definition) is 1. The van der Waals surface area contributed by atoms with Gasteiger partial charge in [0.25, 0.3) is 0 Å². The predicted octanol–water partition coefficient (Wildman–Crippen LogP) is 3.09. The average molecular weight is 420 g/mol. The summed E-state index contributed by atoms with van der Waals surface area (Å²) in [5.41, 5.74) is 0.836. The molecule has 1 unspecified atom stereocenters. The molecule has 160 valence electrons. The Kier molecular flexibility index (Phi) is 7.69. The van der Waals surface area contributed by atoms with Crippen molar-refractivity contribution in [2.24, 2.45) is 11.3 Å². The van der Waals surface area contributed by atoms with Crippen LogP contribution in [0.25, 0.3) is 0 Å². The van der Waals surface area contributed by atoms with Gasteiger partial charge in [0.15, 0.2) is 0 Å². The van der Waals surface area contributed by atoms with Crippen molar-refractivity contribution < 1.29 is 13.2 Å². The van der Waals surface area contributed by atoms with Crippen molar-refractivity contribution >= 4 is 10.0 Å². The van der Waals surface area contributed by atoms with Gasteiger partial charge in [-0.15, -0.1) is 0 Å². The maximum atomic E-state index is 12.5. The summed E-state index contributed by atoms with van der Waals surface area (Å²) in [6, 6.07) is 9.51. The maximum absolute atomic E-state index is 12.5. The number of likely N-dealkylation sites (tertiary alicyclic amines) is 1. The van der Waals surface area contributed by atoms with Crippen LogP contribution in [0.5, 0.6) is 0 Å². The quantitative estimate of drug-likeness (QED) is 0.700. The summed E-state index contributed by atoms with van der Waals surface area (Å²) in [7, 11) is -3.45. The first-order valence-corrected chi connectivity index (χ1v) is 12.2. The Bertz CT molecular complexity index is 796. The molecule has 29 heavy (non-hydrogen) atoms. The van der Waals surface area contributed by atoms with Crippen LogP contribution >= 0.6 is 0 Å². The van der Waals surface area contributed by atoms with Gasteiger partial charge in [-0.25, -0.2) is 13.1 Å². The normalized spacial score (nSPS) is 22.8. The third-order valence-corrected chi connectivity index (χ3v) is 7.75. The first-order valence-electron chi connectivity index (χ1n) is 10.7. The van der Waals surface area contributed by atoms with E-state index < -0.39 is 10.0 Å². The highest BCUT2D eigenvalue weighted by Crippen LogP contribution is 2.34. The number of ether oxygens (including phenoxy) is 1. The Morgan fingerprint density at radius 1 is 1.28 bits per heavy atom. The van der Waals surface area contributed by atoms with E-state index in [1.807, 2.05) is 19.1 Å². The second-order valence-corrected chi connectivity index (χ2v) is 10.3. The highest BCUT2D eigenvalue weighted by atomic mass is 32.2. The lowest BCUT2D eigenvalue weighted by atomic mass is 9.78. The molecule has 1 N–H and O–H groups in total. The van der Waals surface area contributed by atoms with E-state index in [1.54, 1.807) is 12.1 Å². The van der Waals surface area contributed by atoms with Crippen LogP contribution in [-0.4, -0.2) is 52.7 Å². The predicted molar refractivity (Wildman–Crippen MR) is 113 cm³/mol. The van der Waals surface area contributed by atoms with Crippen molar-refractivity contribution in [1.82, 2.24) is 9.62 Å². The zero-order valence-corrected chi connectivity index (χ0v) is 18.2. The summed E-state index contributed by atoms with van der Waals surface area (Å²) in [5.74, 6) is 0.331. The summed E-state index contributed by atoms with van der Waals surface area (Å²) in [6.45, 7) is 6.77. The number of nitriles is 1. The van der Waals surface area contributed by atoms with E-state index in [0.29, 0.717) is 30.6 Å². The second-order valence-electron chi connectivity index (χ2n) is 8.58. The van der Waals surface area contributed by atoms with E-state index in [4.69, 9.17) is 4.74 Å². The smallest absolute Gasteiger partial charge is 0.240 e. The number of piperidine rings is 1. The number of aryl methyl sites for hydroxylation is 1. The largest absolute Gasteiger partial charge is 0.381 e. The molecule has 7 heteroatoms. The minimum Gasteiger partial charge on any atom is -0.381 e. The third kappa shape index (κ3) is 6.26. The number of rotatable bonds is 8. The Morgan fingerprint density at radius 3 is 2.69 bits per heavy atom. The molecule has 2 fully saturated rings. The average Bonchev–Trinajstić information content (AvgIpc) is 2.74. The van der Waals surface area contributed by atoms with Gasteiger partial charge in [0, 0.05) is 26.3 Å². The SMILES string of the molecule is Cc1ccc(S(=O)(=O)NCC2CCCN(CCCC3(C#N)CCOCC3)C2)cc1. The lowest BCUT2D eigenvalue weighted by Crippen LogP contribution is -2.41. The van der Waals surface area contributed by atoms with Crippen molar-refractivity contribution in [2.75, 3.05) is 39.4 Å². The Hall–Kier alpha value is -1.46. The van der Waals surface area contributed by atoms with Crippen LogP contribution in [0.4, 0.5) is 0 Å². The third-order valence-electron chi connectivity index (χ3n) is 6.31. The van der Waals surface area contributed by atoms with Crippen LogP contribution in [0.3, 0.4) is 0 Å². The monoisotopic (exact) mass is 419 g/mol. The van der Waals surface area contributed by atoms with Crippen LogP contribution in [0.2, 0.25) is 0 Å². The van der Waals surface area contributed by atoms with E-state index in [2.05, 4.69) is 15.7 Å². The fraction of sp³-hybridized carbons (Fsp3) is 0.682. The Balaban J connectivity index is 1.44. The highest BCUT2D eigenvalue weighted by molar-refractivity contribution is 7.89. The highest BCUT2D eigenvalue weighted by Gasteiger charge is 2.32. The minimum atomic E-state index is -3.45. The summed E-state index contributed by atoms with van der Waals surface area (Å²) in [6.07, 6.45) is 5.75. The summed E-state index contributed by atoms with van der Waals surface area (Å²) in [4.78, 5) is 2.76. The molecule has 0 spiro atoms. The molecule has 0 aromatic heterocycles. The van der Waals surface area contributed by atoms with Crippen LogP contribution in [0.1, 0.15) is 44.1 Å². The molecular formula is C22H33N3O3S. The number of sulfonamides is 1. The van der Waals surface area contributed by atoms with E-state index >= 15 is 0 Å². The van der Waals surface area contributed by atoms with Crippen LogP contribution in [0.15, 0.2) is 29.2 Å². The lowest BCUT2D eigenvalue weighted by molar-refractivity contribution is 0.0343. The molecule has 6 nitrogen and oxygen atoms in total. The number of nitrogens with zero attached hydrogens (tertiary/aromatic N) is 2. The standard InChI is InChI=1S/C22H33N3O3S/c1-19-5-7-21(8-6-19)29(26,27)24-16-20-4-2-12-25(17-20)13-3-9-22(18-23)10-14-28-15-11-22/h5-8,20,24H,2-4,9-17H2,1H3. The van der Waals surface area contributed by atoms with Crippen LogP contribution in [0, 0.1) is 29.6 Å². The molecule has 3 rings (SSSR count). The molecule has 1 aromatic rings. The Morgan fingerprint density at radius 2 is 2.00 bits per heavy atom. The molecule has 0 radical (unpaired) electrons. The number of nitrogens with one attached hydrogen (secondary N) is 1. The zero-order valence-electron chi connectivity index (χ0n) is 17.4. The molecule has 1 atom stereocenters. The van der Waals surface area contributed by atoms with Gasteiger partial charge in [-0.05, 0) is 76.6 Å². The summed E-state index contributed by atoms with van der Waals surface area (Å²) in [5, 5.41) is 9.59. The van der Waals surface area contributed by atoms with Gasteiger partial charge in [0.1, 0.15) is 0 Å². The number of hydrogen-bond acceptors (Lipinski definition) is 5. The van der Waals surface area contributed by atoms with E-state index in [0.717, 1.165) is 63.7 Å². The summed E-state index contributed by atoms with van der Waals surface area (Å²) >= 11 is 0. The first-order chi connectivity index (χ1) is 13.9. The molecule has 0 saturated carbocycles. The Labute approximate surface area is 175 Å². The molecule has 0 aliphatic carbocycles. The molecule has 0 amide bonds. The zero-order chi connectivity index (χ0) is 20.7. The van der Waals surface area contributed by atoms with Crippen LogP contribution < -0.4 is 4.72 Å². The lowest BCUT2D eigenvalue weighted by Gasteiger charge is -2.34.